The van der Waals surface area contributed by atoms with E-state index in [0.717, 1.165) is 34.1 Å². The third-order valence-electron chi connectivity index (χ3n) is 5.21. The van der Waals surface area contributed by atoms with Gasteiger partial charge in [0, 0.05) is 0 Å². The van der Waals surface area contributed by atoms with Crippen molar-refractivity contribution < 1.29 is 14.3 Å². The fourth-order valence-electron chi connectivity index (χ4n) is 3.53. The molecule has 0 aromatic heterocycles. The second-order valence-electron chi connectivity index (χ2n) is 7.22. The van der Waals surface area contributed by atoms with Gasteiger partial charge >= 0.3 is 0 Å². The molecule has 0 heterocycles. The second-order valence-corrected chi connectivity index (χ2v) is 7.22. The quantitative estimate of drug-likeness (QED) is 0.545. The number of carbonyl (C=O) groups is 1. The van der Waals surface area contributed by atoms with Crippen molar-refractivity contribution in [2.75, 3.05) is 7.11 Å². The summed E-state index contributed by atoms with van der Waals surface area (Å²) in [6.45, 7) is 6.04. The molecule has 1 amide bonds. The summed E-state index contributed by atoms with van der Waals surface area (Å²) in [5.41, 5.74) is 2.12. The van der Waals surface area contributed by atoms with Crippen LogP contribution >= 0.6 is 0 Å². The van der Waals surface area contributed by atoms with Gasteiger partial charge in [-0.15, -0.1) is 0 Å². The average Bonchev–Trinajstić information content (AvgIpc) is 2.75. The van der Waals surface area contributed by atoms with Crippen molar-refractivity contribution in [1.82, 2.24) is 5.32 Å². The summed E-state index contributed by atoms with van der Waals surface area (Å²) in [4.78, 5) is 12.9. The van der Waals surface area contributed by atoms with E-state index in [0.29, 0.717) is 12.2 Å². The lowest BCUT2D eigenvalue weighted by Crippen LogP contribution is -2.40. The monoisotopic (exact) mass is 391 g/mol. The van der Waals surface area contributed by atoms with Crippen molar-refractivity contribution in [3.63, 3.8) is 0 Å². The zero-order chi connectivity index (χ0) is 20.8. The number of methoxy groups -OCH3 is 1. The van der Waals surface area contributed by atoms with E-state index in [-0.39, 0.29) is 11.9 Å². The SMILES string of the molecule is CC[C@@H](Oc1ccc2ccccc2c1)C(=O)N[C@H](CC)c1ccc(OC)c(C)c1. The number of benzene rings is 3. The first kappa shape index (κ1) is 20.7. The van der Waals surface area contributed by atoms with Gasteiger partial charge in [0.2, 0.25) is 0 Å². The standard InChI is InChI=1S/C25H29NO3/c1-5-22(20-12-14-24(28-4)17(3)15-20)26-25(27)23(6-2)29-21-13-11-18-9-7-8-10-19(18)16-21/h7-16,22-23H,5-6H2,1-4H3,(H,26,27)/t22-,23-/m1/s1. The van der Waals surface area contributed by atoms with E-state index in [1.807, 2.05) is 62.4 Å². The number of carbonyl (C=O) groups excluding carboxylic acids is 1. The largest absolute Gasteiger partial charge is 0.496 e. The Hall–Kier alpha value is -3.01. The molecule has 0 spiro atoms. The number of hydrogen-bond donors (Lipinski definition) is 1. The van der Waals surface area contributed by atoms with Crippen molar-refractivity contribution >= 4 is 16.7 Å². The van der Waals surface area contributed by atoms with Crippen LogP contribution in [0.3, 0.4) is 0 Å². The molecule has 3 aromatic rings. The number of rotatable bonds is 8. The van der Waals surface area contributed by atoms with Gasteiger partial charge in [-0.25, -0.2) is 0 Å². The predicted octanol–water partition coefficient (Wildman–Crippen LogP) is 5.58. The Kier molecular flexibility index (Phi) is 6.76. The minimum Gasteiger partial charge on any atom is -0.496 e. The van der Waals surface area contributed by atoms with Crippen LogP contribution in [0.25, 0.3) is 10.8 Å². The molecule has 0 saturated carbocycles. The lowest BCUT2D eigenvalue weighted by Gasteiger charge is -2.23. The highest BCUT2D eigenvalue weighted by atomic mass is 16.5. The molecule has 4 heteroatoms. The Morgan fingerprint density at radius 3 is 2.38 bits per heavy atom. The van der Waals surface area contributed by atoms with Crippen LogP contribution < -0.4 is 14.8 Å². The number of fused-ring (bicyclic) bond motifs is 1. The van der Waals surface area contributed by atoms with E-state index >= 15 is 0 Å². The maximum Gasteiger partial charge on any atom is 0.261 e. The Labute approximate surface area is 172 Å². The van der Waals surface area contributed by atoms with Gasteiger partial charge in [0.25, 0.3) is 5.91 Å². The van der Waals surface area contributed by atoms with Crippen molar-refractivity contribution in [2.45, 2.75) is 45.8 Å². The molecular weight excluding hydrogens is 362 g/mol. The molecular formula is C25H29NO3. The van der Waals surface area contributed by atoms with Crippen LogP contribution in [-0.4, -0.2) is 19.1 Å². The van der Waals surface area contributed by atoms with Gasteiger partial charge in [0.05, 0.1) is 13.2 Å². The topological polar surface area (TPSA) is 47.6 Å². The minimum atomic E-state index is -0.537. The van der Waals surface area contributed by atoms with Gasteiger partial charge in [0.1, 0.15) is 11.5 Å². The summed E-state index contributed by atoms with van der Waals surface area (Å²) in [5.74, 6) is 1.46. The molecule has 0 aliphatic rings. The van der Waals surface area contributed by atoms with Crippen molar-refractivity contribution in [3.05, 3.63) is 71.8 Å². The van der Waals surface area contributed by atoms with Crippen LogP contribution in [0.1, 0.15) is 43.9 Å². The van der Waals surface area contributed by atoms with Crippen LogP contribution in [0, 0.1) is 6.92 Å². The number of ether oxygens (including phenoxy) is 2. The van der Waals surface area contributed by atoms with E-state index in [9.17, 15) is 4.79 Å². The van der Waals surface area contributed by atoms with E-state index in [2.05, 4.69) is 24.4 Å². The Balaban J connectivity index is 1.72. The molecule has 0 saturated heterocycles. The molecule has 0 bridgehead atoms. The molecule has 1 N–H and O–H groups in total. The van der Waals surface area contributed by atoms with Gasteiger partial charge in [-0.05, 0) is 59.9 Å². The molecule has 29 heavy (non-hydrogen) atoms. The van der Waals surface area contributed by atoms with Crippen molar-refractivity contribution in [3.8, 4) is 11.5 Å². The predicted molar refractivity (Wildman–Crippen MR) is 118 cm³/mol. The van der Waals surface area contributed by atoms with Gasteiger partial charge in [0.15, 0.2) is 6.10 Å². The summed E-state index contributed by atoms with van der Waals surface area (Å²) in [6, 6.07) is 20.0. The van der Waals surface area contributed by atoms with Crippen molar-refractivity contribution in [1.29, 1.82) is 0 Å². The van der Waals surface area contributed by atoms with E-state index in [4.69, 9.17) is 9.47 Å². The van der Waals surface area contributed by atoms with Crippen LogP contribution in [0.15, 0.2) is 60.7 Å². The summed E-state index contributed by atoms with van der Waals surface area (Å²) in [7, 11) is 1.66. The maximum atomic E-state index is 12.9. The maximum absolute atomic E-state index is 12.9. The number of nitrogens with one attached hydrogen (secondary N) is 1. The molecule has 3 rings (SSSR count). The number of aryl methyl sites for hydroxylation is 1. The third kappa shape index (κ3) is 4.89. The molecule has 0 fully saturated rings. The minimum absolute atomic E-state index is 0.0682. The first-order valence-electron chi connectivity index (χ1n) is 10.2. The molecule has 0 aliphatic carbocycles. The highest BCUT2D eigenvalue weighted by Crippen LogP contribution is 2.25. The number of hydrogen-bond acceptors (Lipinski definition) is 3. The Morgan fingerprint density at radius 1 is 0.966 bits per heavy atom. The first-order chi connectivity index (χ1) is 14.0. The van der Waals surface area contributed by atoms with Crippen LogP contribution in [0.5, 0.6) is 11.5 Å². The molecule has 0 unspecified atom stereocenters. The Bertz CT molecular complexity index is 983. The normalized spacial score (nSPS) is 13.0. The van der Waals surface area contributed by atoms with Gasteiger partial charge in [-0.3, -0.25) is 4.79 Å². The summed E-state index contributed by atoms with van der Waals surface area (Å²) < 4.78 is 11.4. The highest BCUT2D eigenvalue weighted by molar-refractivity contribution is 5.84. The van der Waals surface area contributed by atoms with E-state index < -0.39 is 6.10 Å². The molecule has 0 radical (unpaired) electrons. The highest BCUT2D eigenvalue weighted by Gasteiger charge is 2.22. The molecule has 2 atom stereocenters. The lowest BCUT2D eigenvalue weighted by atomic mass is 10.0. The second kappa shape index (κ2) is 9.46. The average molecular weight is 392 g/mol. The molecule has 152 valence electrons. The molecule has 4 nitrogen and oxygen atoms in total. The molecule has 0 aliphatic heterocycles. The third-order valence-corrected chi connectivity index (χ3v) is 5.21. The summed E-state index contributed by atoms with van der Waals surface area (Å²) >= 11 is 0. The van der Waals surface area contributed by atoms with Crippen molar-refractivity contribution in [2.24, 2.45) is 0 Å². The van der Waals surface area contributed by atoms with Crippen LogP contribution in [-0.2, 0) is 4.79 Å². The van der Waals surface area contributed by atoms with E-state index in [1.54, 1.807) is 7.11 Å². The van der Waals surface area contributed by atoms with E-state index in [1.165, 1.54) is 0 Å². The summed E-state index contributed by atoms with van der Waals surface area (Å²) in [6.07, 6.45) is 0.852. The van der Waals surface area contributed by atoms with Gasteiger partial charge in [-0.1, -0.05) is 56.3 Å². The zero-order valence-corrected chi connectivity index (χ0v) is 17.6. The smallest absolute Gasteiger partial charge is 0.261 e. The summed E-state index contributed by atoms with van der Waals surface area (Å²) in [5, 5.41) is 5.40. The van der Waals surface area contributed by atoms with Crippen LogP contribution in [0.2, 0.25) is 0 Å². The molecule has 3 aromatic carbocycles. The fourth-order valence-corrected chi connectivity index (χ4v) is 3.53. The van der Waals surface area contributed by atoms with Crippen LogP contribution in [0.4, 0.5) is 0 Å². The first-order valence-corrected chi connectivity index (χ1v) is 10.2. The fraction of sp³-hybridized carbons (Fsp3) is 0.320. The number of amides is 1. The Morgan fingerprint density at radius 2 is 1.72 bits per heavy atom. The van der Waals surface area contributed by atoms with Gasteiger partial charge in [-0.2, -0.15) is 0 Å². The van der Waals surface area contributed by atoms with Gasteiger partial charge < -0.3 is 14.8 Å². The lowest BCUT2D eigenvalue weighted by molar-refractivity contribution is -0.128. The zero-order valence-electron chi connectivity index (χ0n) is 17.6.